The summed E-state index contributed by atoms with van der Waals surface area (Å²) >= 11 is 0. The summed E-state index contributed by atoms with van der Waals surface area (Å²) in [6, 6.07) is -0.326. The molecule has 0 spiro atoms. The summed E-state index contributed by atoms with van der Waals surface area (Å²) in [5, 5.41) is 2.72. The van der Waals surface area contributed by atoms with Gasteiger partial charge in [-0.2, -0.15) is 17.0 Å². The molecule has 9 heteroatoms. The lowest BCUT2D eigenvalue weighted by atomic mass is 10.1. The fourth-order valence-electron chi connectivity index (χ4n) is 2.66. The molecular weight excluding hydrogens is 318 g/mol. The molecule has 0 radical (unpaired) electrons. The maximum Gasteiger partial charge on any atom is 0.282 e. The van der Waals surface area contributed by atoms with Crippen LogP contribution >= 0.6 is 0 Å². The lowest BCUT2D eigenvalue weighted by Gasteiger charge is -2.27. The molecule has 0 saturated carbocycles. The van der Waals surface area contributed by atoms with Gasteiger partial charge in [-0.05, 0) is 19.8 Å². The Morgan fingerprint density at radius 1 is 1.48 bits per heavy atom. The van der Waals surface area contributed by atoms with Gasteiger partial charge in [-0.25, -0.2) is 9.97 Å². The summed E-state index contributed by atoms with van der Waals surface area (Å²) in [5.74, 6) is 0.432. The Kier molecular flexibility index (Phi) is 5.33. The third-order valence-corrected chi connectivity index (χ3v) is 5.78. The lowest BCUT2D eigenvalue weighted by molar-refractivity contribution is -0.119. The van der Waals surface area contributed by atoms with Gasteiger partial charge in [-0.3, -0.25) is 4.79 Å². The zero-order chi connectivity index (χ0) is 17.2. The van der Waals surface area contributed by atoms with Crippen molar-refractivity contribution in [3.05, 3.63) is 23.3 Å². The Bertz CT molecular complexity index is 690. The number of nitrogens with zero attached hydrogens (tertiary/aromatic N) is 4. The standard InChI is InChI=1S/C14H23N5O3S/c1-10-15-8-12(9-16-11(2)20)14(17-10)13-6-5-7-19(13)23(21,22)18(3)4/h8,13H,5-7,9H2,1-4H3,(H,16,20). The van der Waals surface area contributed by atoms with Gasteiger partial charge in [0.15, 0.2) is 0 Å². The fraction of sp³-hybridized carbons (Fsp3) is 0.643. The first-order chi connectivity index (χ1) is 10.7. The van der Waals surface area contributed by atoms with E-state index in [2.05, 4.69) is 15.3 Å². The normalized spacial score (nSPS) is 19.3. The molecule has 0 bridgehead atoms. The Balaban J connectivity index is 2.39. The van der Waals surface area contributed by atoms with Gasteiger partial charge in [0.1, 0.15) is 5.82 Å². The third-order valence-electron chi connectivity index (χ3n) is 3.82. The number of rotatable bonds is 5. The molecule has 23 heavy (non-hydrogen) atoms. The van der Waals surface area contributed by atoms with Crippen molar-refractivity contribution in [3.8, 4) is 0 Å². The van der Waals surface area contributed by atoms with Crippen LogP contribution in [0, 0.1) is 6.92 Å². The highest BCUT2D eigenvalue weighted by atomic mass is 32.2. The largest absolute Gasteiger partial charge is 0.352 e. The molecule has 1 N–H and O–H groups in total. The van der Waals surface area contributed by atoms with E-state index in [1.807, 2.05) is 0 Å². The maximum atomic E-state index is 12.5. The number of hydrogen-bond donors (Lipinski definition) is 1. The highest BCUT2D eigenvalue weighted by Gasteiger charge is 2.38. The van der Waals surface area contributed by atoms with E-state index in [1.165, 1.54) is 29.6 Å². The van der Waals surface area contributed by atoms with Crippen LogP contribution in [0.5, 0.6) is 0 Å². The van der Waals surface area contributed by atoms with Crippen molar-refractivity contribution in [2.24, 2.45) is 0 Å². The topological polar surface area (TPSA) is 95.5 Å². The quantitative estimate of drug-likeness (QED) is 0.834. The molecular formula is C14H23N5O3S. The van der Waals surface area contributed by atoms with Gasteiger partial charge in [-0.1, -0.05) is 0 Å². The number of aromatic nitrogens is 2. The molecule has 1 aliphatic heterocycles. The average molecular weight is 341 g/mol. The van der Waals surface area contributed by atoms with Crippen molar-refractivity contribution < 1.29 is 13.2 Å². The van der Waals surface area contributed by atoms with Crippen molar-refractivity contribution in [1.82, 2.24) is 23.9 Å². The second-order valence-electron chi connectivity index (χ2n) is 5.80. The van der Waals surface area contributed by atoms with E-state index in [0.717, 1.165) is 12.0 Å². The van der Waals surface area contributed by atoms with Crippen LogP contribution < -0.4 is 5.32 Å². The summed E-state index contributed by atoms with van der Waals surface area (Å²) in [5.41, 5.74) is 1.42. The average Bonchev–Trinajstić information content (AvgIpc) is 2.95. The van der Waals surface area contributed by atoms with E-state index in [9.17, 15) is 13.2 Å². The molecule has 1 atom stereocenters. The predicted molar refractivity (Wildman–Crippen MR) is 85.6 cm³/mol. The van der Waals surface area contributed by atoms with Crippen molar-refractivity contribution in [1.29, 1.82) is 0 Å². The molecule has 0 aromatic carbocycles. The minimum Gasteiger partial charge on any atom is -0.352 e. The molecule has 128 valence electrons. The molecule has 1 fully saturated rings. The molecule has 1 amide bonds. The Morgan fingerprint density at radius 2 is 2.17 bits per heavy atom. The number of carbonyl (C=O) groups excluding carboxylic acids is 1. The van der Waals surface area contributed by atoms with Crippen molar-refractivity contribution >= 4 is 16.1 Å². The first-order valence-corrected chi connectivity index (χ1v) is 8.89. The van der Waals surface area contributed by atoms with Crippen LogP contribution in [0.2, 0.25) is 0 Å². The lowest BCUT2D eigenvalue weighted by Crippen LogP contribution is -2.40. The highest BCUT2D eigenvalue weighted by Crippen LogP contribution is 2.35. The number of amides is 1. The second-order valence-corrected chi connectivity index (χ2v) is 7.89. The SMILES string of the molecule is CC(=O)NCc1cnc(C)nc1C1CCCN1S(=O)(=O)N(C)C. The number of nitrogens with one attached hydrogen (secondary N) is 1. The molecule has 1 aromatic rings. The van der Waals surface area contributed by atoms with E-state index >= 15 is 0 Å². The van der Waals surface area contributed by atoms with Crippen LogP contribution in [0.3, 0.4) is 0 Å². The highest BCUT2D eigenvalue weighted by molar-refractivity contribution is 7.86. The summed E-state index contributed by atoms with van der Waals surface area (Å²) < 4.78 is 27.7. The second kappa shape index (κ2) is 6.90. The first kappa shape index (κ1) is 17.8. The van der Waals surface area contributed by atoms with Crippen LogP contribution in [0.4, 0.5) is 0 Å². The van der Waals surface area contributed by atoms with E-state index in [-0.39, 0.29) is 18.5 Å². The minimum atomic E-state index is -3.52. The van der Waals surface area contributed by atoms with Gasteiger partial charge in [0, 0.05) is 45.9 Å². The summed E-state index contributed by atoms with van der Waals surface area (Å²) in [7, 11) is -0.472. The van der Waals surface area contributed by atoms with Crippen LogP contribution in [-0.4, -0.2) is 53.5 Å². The Morgan fingerprint density at radius 3 is 2.78 bits per heavy atom. The fourth-order valence-corrected chi connectivity index (χ4v) is 3.96. The third kappa shape index (κ3) is 3.85. The number of carbonyl (C=O) groups is 1. The molecule has 1 saturated heterocycles. The van der Waals surface area contributed by atoms with Crippen LogP contribution in [0.1, 0.15) is 42.9 Å². The van der Waals surface area contributed by atoms with Gasteiger partial charge in [0.25, 0.3) is 10.2 Å². The maximum absolute atomic E-state index is 12.5. The monoisotopic (exact) mass is 341 g/mol. The van der Waals surface area contributed by atoms with E-state index in [0.29, 0.717) is 24.5 Å². The molecule has 1 aromatic heterocycles. The number of hydrogen-bond acceptors (Lipinski definition) is 5. The number of aryl methyl sites for hydroxylation is 1. The molecule has 1 unspecified atom stereocenters. The molecule has 1 aliphatic rings. The van der Waals surface area contributed by atoms with Crippen molar-refractivity contribution in [3.63, 3.8) is 0 Å². The zero-order valence-corrected chi connectivity index (χ0v) is 14.7. The molecule has 2 heterocycles. The van der Waals surface area contributed by atoms with E-state index in [4.69, 9.17) is 0 Å². The molecule has 0 aliphatic carbocycles. The van der Waals surface area contributed by atoms with Gasteiger partial charge in [-0.15, -0.1) is 0 Å². The van der Waals surface area contributed by atoms with Crippen LogP contribution in [0.25, 0.3) is 0 Å². The van der Waals surface area contributed by atoms with E-state index in [1.54, 1.807) is 13.1 Å². The van der Waals surface area contributed by atoms with Gasteiger partial charge >= 0.3 is 0 Å². The smallest absolute Gasteiger partial charge is 0.282 e. The van der Waals surface area contributed by atoms with Crippen molar-refractivity contribution in [2.75, 3.05) is 20.6 Å². The summed E-state index contributed by atoms with van der Waals surface area (Å²) in [6.07, 6.45) is 3.14. The van der Waals surface area contributed by atoms with E-state index < -0.39 is 10.2 Å². The summed E-state index contributed by atoms with van der Waals surface area (Å²) in [4.78, 5) is 19.8. The summed E-state index contributed by atoms with van der Waals surface area (Å²) in [6.45, 7) is 3.96. The van der Waals surface area contributed by atoms with Crippen molar-refractivity contribution in [2.45, 2.75) is 39.3 Å². The Hall–Kier alpha value is -1.58. The van der Waals surface area contributed by atoms with Crippen LogP contribution in [0.15, 0.2) is 6.20 Å². The molecule has 2 rings (SSSR count). The molecule has 8 nitrogen and oxygen atoms in total. The minimum absolute atomic E-state index is 0.152. The van der Waals surface area contributed by atoms with Gasteiger partial charge < -0.3 is 5.32 Å². The first-order valence-electron chi connectivity index (χ1n) is 7.49. The van der Waals surface area contributed by atoms with Crippen LogP contribution in [-0.2, 0) is 21.5 Å². The zero-order valence-electron chi connectivity index (χ0n) is 13.9. The van der Waals surface area contributed by atoms with Gasteiger partial charge in [0.05, 0.1) is 11.7 Å². The Labute approximate surface area is 137 Å². The predicted octanol–water partition coefficient (Wildman–Crippen LogP) is 0.364. The van der Waals surface area contributed by atoms with Gasteiger partial charge in [0.2, 0.25) is 5.91 Å².